The molecule has 3 rings (SSSR count). The van der Waals surface area contributed by atoms with Crippen molar-refractivity contribution < 1.29 is 19.1 Å². The average molecular weight is 461 g/mol. The van der Waals surface area contributed by atoms with E-state index >= 15 is 0 Å². The summed E-state index contributed by atoms with van der Waals surface area (Å²) in [6.07, 6.45) is 3.67. The number of amides is 2. The van der Waals surface area contributed by atoms with E-state index in [0.29, 0.717) is 31.1 Å². The Morgan fingerprint density at radius 1 is 1.28 bits per heavy atom. The molecule has 0 bridgehead atoms. The third kappa shape index (κ3) is 7.02. The number of fused-ring (bicyclic) bond motifs is 1. The molecule has 1 aromatic carbocycles. The summed E-state index contributed by atoms with van der Waals surface area (Å²) >= 11 is 1.45. The first-order valence-electron chi connectivity index (χ1n) is 11.7. The van der Waals surface area contributed by atoms with Crippen LogP contribution in [-0.2, 0) is 14.3 Å². The van der Waals surface area contributed by atoms with Crippen molar-refractivity contribution >= 4 is 33.2 Å². The fourth-order valence-electron chi connectivity index (χ4n) is 3.94. The molecule has 2 heterocycles. The fourth-order valence-corrected chi connectivity index (χ4v) is 4.90. The first-order chi connectivity index (χ1) is 15.5. The van der Waals surface area contributed by atoms with Gasteiger partial charge >= 0.3 is 0 Å². The van der Waals surface area contributed by atoms with E-state index in [2.05, 4.69) is 31.4 Å². The standard InChI is InChI=1S/C25H36N2O4S/c1-4-5-11-30-16-21-19(10-12-31-21)15-26-24(28)20(13-17(2)3)27-25(29)23-14-18-8-6-7-9-22(18)32-23/h6-9,14,17,19-21H,4-5,10-13,15-16H2,1-3H3,(H,26,28)(H,27,29)/t19-,20+,21-/m1/s1. The number of benzene rings is 1. The molecule has 0 aliphatic carbocycles. The topological polar surface area (TPSA) is 76.7 Å². The van der Waals surface area contributed by atoms with Crippen molar-refractivity contribution in [1.29, 1.82) is 0 Å². The monoisotopic (exact) mass is 460 g/mol. The number of hydrogen-bond acceptors (Lipinski definition) is 5. The largest absolute Gasteiger partial charge is 0.379 e. The molecule has 2 amide bonds. The maximum absolute atomic E-state index is 13.0. The van der Waals surface area contributed by atoms with E-state index in [-0.39, 0.29) is 29.8 Å². The van der Waals surface area contributed by atoms with Crippen molar-refractivity contribution in [3.05, 3.63) is 35.2 Å². The predicted octanol–water partition coefficient (Wildman–Crippen LogP) is 4.38. The number of nitrogens with one attached hydrogen (secondary N) is 2. The minimum absolute atomic E-state index is 0.0174. The molecular formula is C25H36N2O4S. The van der Waals surface area contributed by atoms with E-state index < -0.39 is 6.04 Å². The van der Waals surface area contributed by atoms with Gasteiger partial charge in [0, 0.05) is 30.4 Å². The molecule has 3 atom stereocenters. The molecule has 1 aliphatic heterocycles. The second-order valence-electron chi connectivity index (χ2n) is 8.94. The molecule has 6 nitrogen and oxygen atoms in total. The highest BCUT2D eigenvalue weighted by Crippen LogP contribution is 2.25. The maximum atomic E-state index is 13.0. The van der Waals surface area contributed by atoms with Crippen molar-refractivity contribution in [1.82, 2.24) is 10.6 Å². The number of hydrogen-bond donors (Lipinski definition) is 2. The second kappa shape index (κ2) is 12.3. The number of rotatable bonds is 12. The SMILES string of the molecule is CCCCOC[C@H]1OCC[C@@H]1CNC(=O)[C@H](CC(C)C)NC(=O)c1cc2ccccc2s1. The van der Waals surface area contributed by atoms with E-state index in [4.69, 9.17) is 9.47 Å². The molecule has 1 aromatic heterocycles. The van der Waals surface area contributed by atoms with Crippen molar-refractivity contribution in [3.63, 3.8) is 0 Å². The van der Waals surface area contributed by atoms with Crippen molar-refractivity contribution in [2.75, 3.05) is 26.4 Å². The Bertz CT molecular complexity index is 849. The predicted molar refractivity (Wildman–Crippen MR) is 129 cm³/mol. The van der Waals surface area contributed by atoms with Crippen LogP contribution in [0.3, 0.4) is 0 Å². The molecular weight excluding hydrogens is 424 g/mol. The van der Waals surface area contributed by atoms with Crippen LogP contribution in [0.25, 0.3) is 10.1 Å². The summed E-state index contributed by atoms with van der Waals surface area (Å²) in [5.74, 6) is 0.186. The molecule has 32 heavy (non-hydrogen) atoms. The van der Waals surface area contributed by atoms with Crippen LogP contribution in [0.5, 0.6) is 0 Å². The summed E-state index contributed by atoms with van der Waals surface area (Å²) in [6.45, 7) is 8.80. The molecule has 0 spiro atoms. The number of carbonyl (C=O) groups is 2. The second-order valence-corrected chi connectivity index (χ2v) is 10.0. The minimum atomic E-state index is -0.561. The smallest absolute Gasteiger partial charge is 0.262 e. The Morgan fingerprint density at radius 2 is 2.09 bits per heavy atom. The maximum Gasteiger partial charge on any atom is 0.262 e. The molecule has 0 saturated carbocycles. The van der Waals surface area contributed by atoms with Crippen LogP contribution in [0.2, 0.25) is 0 Å². The molecule has 2 N–H and O–H groups in total. The Labute approximate surface area is 195 Å². The molecule has 2 aromatic rings. The lowest BCUT2D eigenvalue weighted by Crippen LogP contribution is -2.48. The first-order valence-corrected chi connectivity index (χ1v) is 12.6. The van der Waals surface area contributed by atoms with Gasteiger partial charge in [-0.15, -0.1) is 11.3 Å². The van der Waals surface area contributed by atoms with E-state index in [1.807, 2.05) is 30.3 Å². The van der Waals surface area contributed by atoms with Gasteiger partial charge in [0.25, 0.3) is 5.91 Å². The molecule has 1 fully saturated rings. The average Bonchev–Trinajstić information content (AvgIpc) is 3.41. The van der Waals surface area contributed by atoms with Crippen molar-refractivity contribution in [2.45, 2.75) is 58.6 Å². The van der Waals surface area contributed by atoms with Gasteiger partial charge in [0.05, 0.1) is 17.6 Å². The molecule has 176 valence electrons. The van der Waals surface area contributed by atoms with Gasteiger partial charge in [0.2, 0.25) is 5.91 Å². The van der Waals surface area contributed by atoms with Crippen molar-refractivity contribution in [3.8, 4) is 0 Å². The van der Waals surface area contributed by atoms with Crippen LogP contribution >= 0.6 is 11.3 Å². The number of thiophene rings is 1. The molecule has 7 heteroatoms. The van der Waals surface area contributed by atoms with Crippen LogP contribution in [0.15, 0.2) is 30.3 Å². The van der Waals surface area contributed by atoms with Gasteiger partial charge in [0.15, 0.2) is 0 Å². The summed E-state index contributed by atoms with van der Waals surface area (Å²) < 4.78 is 12.6. The summed E-state index contributed by atoms with van der Waals surface area (Å²) in [5.41, 5.74) is 0. The first kappa shape index (κ1) is 24.7. The quantitative estimate of drug-likeness (QED) is 0.461. The lowest BCUT2D eigenvalue weighted by molar-refractivity contribution is -0.123. The van der Waals surface area contributed by atoms with E-state index in [0.717, 1.165) is 36.0 Å². The van der Waals surface area contributed by atoms with Crippen LogP contribution in [-0.4, -0.2) is 50.3 Å². The fraction of sp³-hybridized carbons (Fsp3) is 0.600. The van der Waals surface area contributed by atoms with Crippen molar-refractivity contribution in [2.24, 2.45) is 11.8 Å². The Balaban J connectivity index is 1.55. The zero-order valence-electron chi connectivity index (χ0n) is 19.4. The molecule has 0 radical (unpaired) electrons. The highest BCUT2D eigenvalue weighted by molar-refractivity contribution is 7.20. The van der Waals surface area contributed by atoms with E-state index in [1.165, 1.54) is 11.3 Å². The van der Waals surface area contributed by atoms with Gasteiger partial charge in [-0.2, -0.15) is 0 Å². The van der Waals surface area contributed by atoms with E-state index in [9.17, 15) is 9.59 Å². The Kier molecular flexibility index (Phi) is 9.51. The number of ether oxygens (including phenoxy) is 2. The van der Waals surface area contributed by atoms with Gasteiger partial charge in [-0.1, -0.05) is 45.4 Å². The highest BCUT2D eigenvalue weighted by Gasteiger charge is 2.30. The lowest BCUT2D eigenvalue weighted by atomic mass is 10.0. The van der Waals surface area contributed by atoms with Crippen LogP contribution in [0.4, 0.5) is 0 Å². The van der Waals surface area contributed by atoms with Gasteiger partial charge in [-0.3, -0.25) is 9.59 Å². The molecule has 0 unspecified atom stereocenters. The Morgan fingerprint density at radius 3 is 2.84 bits per heavy atom. The molecule has 1 saturated heterocycles. The summed E-state index contributed by atoms with van der Waals surface area (Å²) in [6, 6.07) is 9.24. The van der Waals surface area contributed by atoms with Gasteiger partial charge in [-0.05, 0) is 42.7 Å². The van der Waals surface area contributed by atoms with Crippen LogP contribution in [0.1, 0.15) is 56.1 Å². The minimum Gasteiger partial charge on any atom is -0.379 e. The Hall–Kier alpha value is -1.96. The zero-order chi connectivity index (χ0) is 22.9. The van der Waals surface area contributed by atoms with E-state index in [1.54, 1.807) is 0 Å². The summed E-state index contributed by atoms with van der Waals surface area (Å²) in [4.78, 5) is 26.5. The third-order valence-electron chi connectivity index (χ3n) is 5.79. The van der Waals surface area contributed by atoms with Crippen LogP contribution < -0.4 is 10.6 Å². The normalized spacial score (nSPS) is 19.4. The third-order valence-corrected chi connectivity index (χ3v) is 6.90. The van der Waals surface area contributed by atoms with Gasteiger partial charge < -0.3 is 20.1 Å². The zero-order valence-corrected chi connectivity index (χ0v) is 20.2. The summed E-state index contributed by atoms with van der Waals surface area (Å²) in [7, 11) is 0. The number of unbranched alkanes of at least 4 members (excludes halogenated alkanes) is 1. The van der Waals surface area contributed by atoms with Gasteiger partial charge in [0.1, 0.15) is 6.04 Å². The lowest BCUT2D eigenvalue weighted by Gasteiger charge is -2.23. The summed E-state index contributed by atoms with van der Waals surface area (Å²) in [5, 5.41) is 7.07. The molecule has 1 aliphatic rings. The highest BCUT2D eigenvalue weighted by atomic mass is 32.1. The number of carbonyl (C=O) groups excluding carboxylic acids is 2. The van der Waals surface area contributed by atoms with Gasteiger partial charge in [-0.25, -0.2) is 0 Å². The van der Waals surface area contributed by atoms with Crippen LogP contribution in [0, 0.1) is 11.8 Å².